The van der Waals surface area contributed by atoms with Gasteiger partial charge in [-0.05, 0) is 57.9 Å². The highest BCUT2D eigenvalue weighted by Crippen LogP contribution is 2.15. The zero-order valence-corrected chi connectivity index (χ0v) is 27.0. The number of ketones is 2. The maximum absolute atomic E-state index is 12.5. The quantitative estimate of drug-likeness (QED) is 0.201. The second kappa shape index (κ2) is 17.3. The lowest BCUT2D eigenvalue weighted by atomic mass is 9.97. The molecule has 0 bridgehead atoms. The maximum atomic E-state index is 12.5. The van der Waals surface area contributed by atoms with Crippen molar-refractivity contribution in [2.24, 2.45) is 5.92 Å². The van der Waals surface area contributed by atoms with Crippen LogP contribution in [0, 0.1) is 33.6 Å². The first-order valence-corrected chi connectivity index (χ1v) is 15.6. The molecule has 0 spiro atoms. The minimum absolute atomic E-state index is 0. The first-order chi connectivity index (χ1) is 20.4. The van der Waals surface area contributed by atoms with Crippen molar-refractivity contribution in [1.82, 2.24) is 20.6 Å². The van der Waals surface area contributed by atoms with Gasteiger partial charge in [-0.3, -0.25) is 19.2 Å². The summed E-state index contributed by atoms with van der Waals surface area (Å²) in [6.07, 6.45) is 4.05. The van der Waals surface area contributed by atoms with Gasteiger partial charge in [-0.1, -0.05) is 56.7 Å². The summed E-state index contributed by atoms with van der Waals surface area (Å²) < 4.78 is 0. The first kappa shape index (κ1) is 36.2. The molecule has 2 amide bonds. The van der Waals surface area contributed by atoms with Gasteiger partial charge < -0.3 is 10.6 Å². The van der Waals surface area contributed by atoms with Gasteiger partial charge >= 0.3 is 0 Å². The molecule has 4 aromatic rings. The number of amides is 2. The lowest BCUT2D eigenvalue weighted by Gasteiger charge is -2.21. The summed E-state index contributed by atoms with van der Waals surface area (Å²) in [6.45, 7) is 11.7. The Balaban J connectivity index is 0.000000303. The molecule has 8 nitrogen and oxygen atoms in total. The van der Waals surface area contributed by atoms with Gasteiger partial charge in [-0.15, -0.1) is 22.7 Å². The number of rotatable bonds is 11. The van der Waals surface area contributed by atoms with E-state index in [1.165, 1.54) is 22.7 Å². The molecule has 2 heterocycles. The van der Waals surface area contributed by atoms with Crippen molar-refractivity contribution in [3.8, 4) is 0 Å². The van der Waals surface area contributed by atoms with Crippen LogP contribution >= 0.6 is 22.7 Å². The lowest BCUT2D eigenvalue weighted by molar-refractivity contribution is -0.121. The number of carbonyl (C=O) groups excluding carboxylic acids is 4. The van der Waals surface area contributed by atoms with Gasteiger partial charge in [0.05, 0.1) is 25.4 Å². The summed E-state index contributed by atoms with van der Waals surface area (Å²) in [6, 6.07) is 14.1. The molecule has 0 aliphatic heterocycles. The van der Waals surface area contributed by atoms with Crippen LogP contribution in [0.25, 0.3) is 0 Å². The standard InChI is InChI=1S/C18H22N2O2S.C15H16N2O2S.CH4/c1-11(2)17(15(21)9-16-19-10-13(4)23-16)20-18(22)14-7-5-6-12(3)8-14;1-10-4-3-5-12(6-10)15(19)17-9-13(18)7-14-16-8-11(2)20-14;/h5-8,10-11,17H,9H2,1-4H3,(H,20,22);3-6,8H,7,9H2,1-2H3,(H,17,19);1H4. The summed E-state index contributed by atoms with van der Waals surface area (Å²) in [5.74, 6) is -0.457. The van der Waals surface area contributed by atoms with Crippen molar-refractivity contribution in [2.45, 2.75) is 67.9 Å². The van der Waals surface area contributed by atoms with E-state index in [2.05, 4.69) is 20.6 Å². The van der Waals surface area contributed by atoms with Gasteiger partial charge in [0.1, 0.15) is 10.0 Å². The van der Waals surface area contributed by atoms with E-state index in [0.717, 1.165) is 30.9 Å². The van der Waals surface area contributed by atoms with Crippen molar-refractivity contribution in [3.05, 3.63) is 103 Å². The number of hydrogen-bond acceptors (Lipinski definition) is 8. The normalized spacial score (nSPS) is 11.1. The van der Waals surface area contributed by atoms with Crippen LogP contribution in [-0.2, 0) is 22.4 Å². The number of aromatic nitrogens is 2. The van der Waals surface area contributed by atoms with E-state index in [-0.39, 0.29) is 56.1 Å². The van der Waals surface area contributed by atoms with Crippen LogP contribution in [-0.4, -0.2) is 45.9 Å². The lowest BCUT2D eigenvalue weighted by Crippen LogP contribution is -2.45. The molecule has 10 heteroatoms. The Bertz CT molecular complexity index is 1570. The summed E-state index contributed by atoms with van der Waals surface area (Å²) >= 11 is 3.02. The number of carbonyl (C=O) groups is 4. The molecule has 0 saturated heterocycles. The molecule has 0 saturated carbocycles. The number of aryl methyl sites for hydroxylation is 4. The van der Waals surface area contributed by atoms with Crippen LogP contribution in [0.3, 0.4) is 0 Å². The van der Waals surface area contributed by atoms with Crippen molar-refractivity contribution in [1.29, 1.82) is 0 Å². The van der Waals surface area contributed by atoms with E-state index >= 15 is 0 Å². The van der Waals surface area contributed by atoms with Crippen LogP contribution in [0.2, 0.25) is 0 Å². The predicted molar refractivity (Wildman–Crippen MR) is 179 cm³/mol. The highest BCUT2D eigenvalue weighted by atomic mass is 32.1. The van der Waals surface area contributed by atoms with Crippen LogP contribution in [0.1, 0.15) is 72.9 Å². The van der Waals surface area contributed by atoms with E-state index in [0.29, 0.717) is 11.1 Å². The van der Waals surface area contributed by atoms with Gasteiger partial charge in [0.25, 0.3) is 11.8 Å². The van der Waals surface area contributed by atoms with E-state index in [1.54, 1.807) is 30.6 Å². The second-order valence-electron chi connectivity index (χ2n) is 10.7. The smallest absolute Gasteiger partial charge is 0.251 e. The van der Waals surface area contributed by atoms with Gasteiger partial charge in [-0.25, -0.2) is 9.97 Å². The molecule has 0 aliphatic carbocycles. The van der Waals surface area contributed by atoms with Crippen LogP contribution < -0.4 is 10.6 Å². The number of nitrogens with one attached hydrogen (secondary N) is 2. The van der Waals surface area contributed by atoms with Gasteiger partial charge in [0, 0.05) is 33.3 Å². The van der Waals surface area contributed by atoms with Crippen LogP contribution in [0.4, 0.5) is 0 Å². The Morgan fingerprint density at radius 1 is 0.750 bits per heavy atom. The Morgan fingerprint density at radius 2 is 1.25 bits per heavy atom. The minimum Gasteiger partial charge on any atom is -0.345 e. The van der Waals surface area contributed by atoms with Gasteiger partial charge in [0.15, 0.2) is 11.6 Å². The highest BCUT2D eigenvalue weighted by molar-refractivity contribution is 7.11. The van der Waals surface area contributed by atoms with E-state index < -0.39 is 6.04 Å². The molecule has 2 N–H and O–H groups in total. The number of nitrogens with zero attached hydrogens (tertiary/aromatic N) is 2. The van der Waals surface area contributed by atoms with Crippen LogP contribution in [0.15, 0.2) is 60.9 Å². The average Bonchev–Trinajstić information content (AvgIpc) is 3.56. The molecule has 44 heavy (non-hydrogen) atoms. The van der Waals surface area contributed by atoms with Crippen molar-refractivity contribution < 1.29 is 19.2 Å². The monoisotopic (exact) mass is 634 g/mol. The molecule has 234 valence electrons. The van der Waals surface area contributed by atoms with Crippen molar-refractivity contribution in [3.63, 3.8) is 0 Å². The molecule has 0 aliphatic rings. The number of thiazole rings is 2. The Hall–Kier alpha value is -4.02. The molecule has 4 rings (SSSR count). The Morgan fingerprint density at radius 3 is 1.70 bits per heavy atom. The van der Waals surface area contributed by atoms with Gasteiger partial charge in [-0.2, -0.15) is 0 Å². The van der Waals surface area contributed by atoms with E-state index in [1.807, 2.05) is 71.9 Å². The number of hydrogen-bond donors (Lipinski definition) is 2. The molecule has 2 aromatic carbocycles. The number of benzene rings is 2. The summed E-state index contributed by atoms with van der Waals surface area (Å²) in [4.78, 5) is 59.1. The van der Waals surface area contributed by atoms with E-state index in [9.17, 15) is 19.2 Å². The Kier molecular flexibility index (Phi) is 14.2. The summed E-state index contributed by atoms with van der Waals surface area (Å²) in [5.41, 5.74) is 3.18. The first-order valence-electron chi connectivity index (χ1n) is 14.0. The SMILES string of the molecule is C.Cc1cccc(C(=O)NC(C(=O)Cc2ncc(C)s2)C(C)C)c1.Cc1cccc(C(=O)NCC(=O)Cc2ncc(C)s2)c1. The summed E-state index contributed by atoms with van der Waals surface area (Å²) in [7, 11) is 0. The zero-order valence-electron chi connectivity index (χ0n) is 25.4. The zero-order chi connectivity index (χ0) is 31.5. The third-order valence-electron chi connectivity index (χ3n) is 6.32. The van der Waals surface area contributed by atoms with Gasteiger partial charge in [0.2, 0.25) is 0 Å². The van der Waals surface area contributed by atoms with Crippen molar-refractivity contribution in [2.75, 3.05) is 6.54 Å². The van der Waals surface area contributed by atoms with Crippen molar-refractivity contribution >= 4 is 46.1 Å². The molecule has 1 atom stereocenters. The average molecular weight is 635 g/mol. The highest BCUT2D eigenvalue weighted by Gasteiger charge is 2.25. The molecule has 0 fully saturated rings. The van der Waals surface area contributed by atoms with E-state index in [4.69, 9.17) is 0 Å². The van der Waals surface area contributed by atoms with Crippen LogP contribution in [0.5, 0.6) is 0 Å². The molecular formula is C34H42N4O4S2. The third kappa shape index (κ3) is 11.6. The fourth-order valence-corrected chi connectivity index (χ4v) is 5.77. The topological polar surface area (TPSA) is 118 Å². The molecule has 1 unspecified atom stereocenters. The largest absolute Gasteiger partial charge is 0.345 e. The summed E-state index contributed by atoms with van der Waals surface area (Å²) in [5, 5.41) is 7.10. The fraction of sp³-hybridized carbons (Fsp3) is 0.353. The number of Topliss-reactive ketones (excluding diaryl/α,β-unsaturated/α-hetero) is 2. The molecule has 2 aromatic heterocycles. The third-order valence-corrected chi connectivity index (χ3v) is 8.14. The fourth-order valence-electron chi connectivity index (χ4n) is 4.15. The predicted octanol–water partition coefficient (Wildman–Crippen LogP) is 6.26. The molecular weight excluding hydrogens is 593 g/mol. The maximum Gasteiger partial charge on any atom is 0.251 e. The minimum atomic E-state index is -0.507. The Labute approximate surface area is 268 Å². The molecule has 0 radical (unpaired) electrons. The second-order valence-corrected chi connectivity index (χ2v) is 13.3.